The van der Waals surface area contributed by atoms with Gasteiger partial charge >= 0.3 is 0 Å². The molecule has 90 valence electrons. The van der Waals surface area contributed by atoms with E-state index in [9.17, 15) is 0 Å². The number of nitrogens with zero attached hydrogens (tertiary/aromatic N) is 1. The summed E-state index contributed by atoms with van der Waals surface area (Å²) in [6.45, 7) is 11.2. The summed E-state index contributed by atoms with van der Waals surface area (Å²) in [5.74, 6) is 0. The molecule has 0 saturated carbocycles. The van der Waals surface area contributed by atoms with E-state index in [-0.39, 0.29) is 11.6 Å². The number of hydrogen-bond donors (Lipinski definition) is 1. The van der Waals surface area contributed by atoms with Crippen LogP contribution in [-0.4, -0.2) is 56.0 Å². The van der Waals surface area contributed by atoms with Crippen LogP contribution in [0.2, 0.25) is 0 Å². The zero-order valence-electron chi connectivity index (χ0n) is 10.2. The molecule has 1 rings (SSSR count). The molecule has 15 heavy (non-hydrogen) atoms. The van der Waals surface area contributed by atoms with Gasteiger partial charge < -0.3 is 15.2 Å². The molecule has 0 amide bonds. The van der Waals surface area contributed by atoms with Crippen LogP contribution >= 0.6 is 0 Å². The Hall–Kier alpha value is -0.160. The number of morpholine rings is 1. The molecule has 1 atom stereocenters. The van der Waals surface area contributed by atoms with Crippen LogP contribution in [0.5, 0.6) is 0 Å². The van der Waals surface area contributed by atoms with Gasteiger partial charge in [0.15, 0.2) is 0 Å². The van der Waals surface area contributed by atoms with Crippen LogP contribution in [0, 0.1) is 0 Å². The molecule has 2 N–H and O–H groups in total. The van der Waals surface area contributed by atoms with E-state index in [0.717, 1.165) is 32.9 Å². The van der Waals surface area contributed by atoms with Crippen LogP contribution in [0.4, 0.5) is 0 Å². The second-order valence-corrected chi connectivity index (χ2v) is 4.62. The lowest BCUT2D eigenvalue weighted by Gasteiger charge is -2.43. The van der Waals surface area contributed by atoms with Crippen molar-refractivity contribution in [1.82, 2.24) is 4.90 Å². The highest BCUT2D eigenvalue weighted by Crippen LogP contribution is 2.19. The molecule has 0 radical (unpaired) electrons. The largest absolute Gasteiger partial charge is 0.378 e. The van der Waals surface area contributed by atoms with Gasteiger partial charge in [-0.2, -0.15) is 0 Å². The van der Waals surface area contributed by atoms with Gasteiger partial charge in [0.05, 0.1) is 19.3 Å². The van der Waals surface area contributed by atoms with Gasteiger partial charge in [0.25, 0.3) is 0 Å². The molecule has 1 aliphatic rings. The SMILES string of the molecule is CCOC(CN)CN1CCOCC1(C)C. The molecule has 0 aromatic heterocycles. The smallest absolute Gasteiger partial charge is 0.0823 e. The number of rotatable bonds is 5. The maximum atomic E-state index is 5.68. The van der Waals surface area contributed by atoms with Gasteiger partial charge in [-0.25, -0.2) is 0 Å². The minimum Gasteiger partial charge on any atom is -0.378 e. The van der Waals surface area contributed by atoms with Crippen LogP contribution in [0.25, 0.3) is 0 Å². The van der Waals surface area contributed by atoms with Crippen LogP contribution in [-0.2, 0) is 9.47 Å². The Labute approximate surface area is 92.7 Å². The first kappa shape index (κ1) is 12.9. The standard InChI is InChI=1S/C11H24N2O2/c1-4-15-10(7-12)8-13-5-6-14-9-11(13,2)3/h10H,4-9,12H2,1-3H3. The maximum Gasteiger partial charge on any atom is 0.0823 e. The molecule has 0 aromatic rings. The Morgan fingerprint density at radius 1 is 1.53 bits per heavy atom. The van der Waals surface area contributed by atoms with Gasteiger partial charge in [-0.15, -0.1) is 0 Å². The van der Waals surface area contributed by atoms with Crippen molar-refractivity contribution in [3.05, 3.63) is 0 Å². The highest BCUT2D eigenvalue weighted by atomic mass is 16.5. The monoisotopic (exact) mass is 216 g/mol. The maximum absolute atomic E-state index is 5.68. The third kappa shape index (κ3) is 3.72. The summed E-state index contributed by atoms with van der Waals surface area (Å²) in [5.41, 5.74) is 5.78. The van der Waals surface area contributed by atoms with Crippen LogP contribution < -0.4 is 5.73 Å². The van der Waals surface area contributed by atoms with E-state index in [1.54, 1.807) is 0 Å². The fraction of sp³-hybridized carbons (Fsp3) is 1.00. The van der Waals surface area contributed by atoms with Crippen molar-refractivity contribution < 1.29 is 9.47 Å². The average molecular weight is 216 g/mol. The van der Waals surface area contributed by atoms with Gasteiger partial charge in [-0.3, -0.25) is 4.90 Å². The molecular weight excluding hydrogens is 192 g/mol. The first-order valence-corrected chi connectivity index (χ1v) is 5.74. The summed E-state index contributed by atoms with van der Waals surface area (Å²) in [6, 6.07) is 0. The molecule has 0 aromatic carbocycles. The first-order chi connectivity index (χ1) is 7.10. The van der Waals surface area contributed by atoms with E-state index in [0.29, 0.717) is 6.54 Å². The molecule has 0 aliphatic carbocycles. The summed E-state index contributed by atoms with van der Waals surface area (Å²) >= 11 is 0. The van der Waals surface area contributed by atoms with Gasteiger partial charge in [-0.1, -0.05) is 0 Å². The average Bonchev–Trinajstić information content (AvgIpc) is 2.20. The third-order valence-corrected chi connectivity index (χ3v) is 2.91. The molecule has 1 unspecified atom stereocenters. The van der Waals surface area contributed by atoms with E-state index >= 15 is 0 Å². The molecule has 1 fully saturated rings. The normalized spacial score (nSPS) is 24.0. The minimum atomic E-state index is 0.1000. The molecule has 4 heteroatoms. The first-order valence-electron chi connectivity index (χ1n) is 5.74. The van der Waals surface area contributed by atoms with Crippen molar-refractivity contribution in [3.8, 4) is 0 Å². The number of nitrogens with two attached hydrogens (primary N) is 1. The van der Waals surface area contributed by atoms with Gasteiger partial charge in [0, 0.05) is 31.8 Å². The highest BCUT2D eigenvalue weighted by Gasteiger charge is 2.31. The Balaban J connectivity index is 2.46. The van der Waals surface area contributed by atoms with Crippen molar-refractivity contribution in [2.45, 2.75) is 32.4 Å². The highest BCUT2D eigenvalue weighted by molar-refractivity contribution is 4.86. The molecule has 1 aliphatic heterocycles. The van der Waals surface area contributed by atoms with Gasteiger partial charge in [0.2, 0.25) is 0 Å². The molecule has 0 spiro atoms. The number of hydrogen-bond acceptors (Lipinski definition) is 4. The Morgan fingerprint density at radius 3 is 2.80 bits per heavy atom. The second-order valence-electron chi connectivity index (χ2n) is 4.62. The summed E-state index contributed by atoms with van der Waals surface area (Å²) in [7, 11) is 0. The molecule has 0 bridgehead atoms. The Bertz CT molecular complexity index is 185. The third-order valence-electron chi connectivity index (χ3n) is 2.91. The fourth-order valence-corrected chi connectivity index (χ4v) is 1.91. The zero-order chi connectivity index (χ0) is 11.3. The van der Waals surface area contributed by atoms with Crippen molar-refractivity contribution >= 4 is 0 Å². The predicted octanol–water partition coefficient (Wildman–Crippen LogP) is 0.461. The fourth-order valence-electron chi connectivity index (χ4n) is 1.91. The topological polar surface area (TPSA) is 47.7 Å². The Kier molecular flexibility index (Phi) is 4.99. The summed E-state index contributed by atoms with van der Waals surface area (Å²) in [4.78, 5) is 2.41. The van der Waals surface area contributed by atoms with E-state index in [1.807, 2.05) is 6.92 Å². The minimum absolute atomic E-state index is 0.1000. The molecule has 1 heterocycles. The van der Waals surface area contributed by atoms with Crippen molar-refractivity contribution in [3.63, 3.8) is 0 Å². The van der Waals surface area contributed by atoms with Crippen molar-refractivity contribution in [2.75, 3.05) is 39.5 Å². The van der Waals surface area contributed by atoms with Crippen molar-refractivity contribution in [2.24, 2.45) is 5.73 Å². The van der Waals surface area contributed by atoms with Crippen LogP contribution in [0.1, 0.15) is 20.8 Å². The van der Waals surface area contributed by atoms with E-state index in [2.05, 4.69) is 18.7 Å². The van der Waals surface area contributed by atoms with Gasteiger partial charge in [0.1, 0.15) is 0 Å². The quantitative estimate of drug-likeness (QED) is 0.725. The Morgan fingerprint density at radius 2 is 2.27 bits per heavy atom. The lowest BCUT2D eigenvalue weighted by molar-refractivity contribution is -0.0739. The van der Waals surface area contributed by atoms with E-state index in [1.165, 1.54) is 0 Å². The van der Waals surface area contributed by atoms with Crippen LogP contribution in [0.15, 0.2) is 0 Å². The second kappa shape index (κ2) is 5.80. The lowest BCUT2D eigenvalue weighted by atomic mass is 10.0. The summed E-state index contributed by atoms with van der Waals surface area (Å²) in [6.07, 6.45) is 0.146. The molecular formula is C11H24N2O2. The summed E-state index contributed by atoms with van der Waals surface area (Å²) < 4.78 is 11.1. The van der Waals surface area contributed by atoms with Crippen LogP contribution in [0.3, 0.4) is 0 Å². The molecule has 4 nitrogen and oxygen atoms in total. The number of ether oxygens (including phenoxy) is 2. The predicted molar refractivity (Wildman–Crippen MR) is 60.9 cm³/mol. The van der Waals surface area contributed by atoms with Gasteiger partial charge in [-0.05, 0) is 20.8 Å². The van der Waals surface area contributed by atoms with E-state index in [4.69, 9.17) is 15.2 Å². The molecule has 1 saturated heterocycles. The summed E-state index contributed by atoms with van der Waals surface area (Å²) in [5, 5.41) is 0. The van der Waals surface area contributed by atoms with E-state index < -0.39 is 0 Å². The lowest BCUT2D eigenvalue weighted by Crippen LogP contribution is -2.56. The zero-order valence-corrected chi connectivity index (χ0v) is 10.2. The van der Waals surface area contributed by atoms with Crippen molar-refractivity contribution in [1.29, 1.82) is 0 Å².